The summed E-state index contributed by atoms with van der Waals surface area (Å²) in [5, 5.41) is 3.85. The molecule has 2 rings (SSSR count). The molecule has 0 aliphatic heterocycles. The Hall–Kier alpha value is -1.03. The number of hydrogen-bond donors (Lipinski definition) is 1. The van der Waals surface area contributed by atoms with Crippen molar-refractivity contribution in [3.8, 4) is 0 Å². The summed E-state index contributed by atoms with van der Waals surface area (Å²) in [5.41, 5.74) is 2.12. The third-order valence-electron chi connectivity index (χ3n) is 2.55. The molecule has 0 aliphatic carbocycles. The van der Waals surface area contributed by atoms with Gasteiger partial charge in [0.05, 0.1) is 16.3 Å². The molecule has 0 saturated carbocycles. The van der Waals surface area contributed by atoms with E-state index < -0.39 is 0 Å². The first-order chi connectivity index (χ1) is 8.97. The van der Waals surface area contributed by atoms with Crippen molar-refractivity contribution in [2.75, 3.05) is 5.32 Å². The first kappa shape index (κ1) is 14.4. The first-order valence-corrected chi connectivity index (χ1v) is 7.05. The SMILES string of the molecule is Cc1ccc(NC(=O)c2ccc(Cl)cc2Br)c(Cl)c1. The number of rotatable bonds is 2. The lowest BCUT2D eigenvalue weighted by Gasteiger charge is -2.09. The van der Waals surface area contributed by atoms with Gasteiger partial charge in [0.15, 0.2) is 0 Å². The highest BCUT2D eigenvalue weighted by Gasteiger charge is 2.12. The molecule has 5 heteroatoms. The van der Waals surface area contributed by atoms with Crippen LogP contribution in [0.3, 0.4) is 0 Å². The Morgan fingerprint density at radius 1 is 1.16 bits per heavy atom. The minimum absolute atomic E-state index is 0.241. The molecule has 0 spiro atoms. The van der Waals surface area contributed by atoms with E-state index in [2.05, 4.69) is 21.2 Å². The molecule has 2 nitrogen and oxygen atoms in total. The average Bonchev–Trinajstić information content (AvgIpc) is 2.32. The van der Waals surface area contributed by atoms with E-state index in [1.165, 1.54) is 0 Å². The van der Waals surface area contributed by atoms with E-state index >= 15 is 0 Å². The minimum atomic E-state index is -0.241. The Bertz CT molecular complexity index is 643. The maximum Gasteiger partial charge on any atom is 0.256 e. The van der Waals surface area contributed by atoms with Crippen molar-refractivity contribution in [3.63, 3.8) is 0 Å². The molecule has 0 heterocycles. The van der Waals surface area contributed by atoms with Crippen LogP contribution in [-0.4, -0.2) is 5.91 Å². The number of anilines is 1. The van der Waals surface area contributed by atoms with Crippen LogP contribution in [0.4, 0.5) is 5.69 Å². The fourth-order valence-corrected chi connectivity index (χ4v) is 2.73. The Labute approximate surface area is 129 Å². The van der Waals surface area contributed by atoms with Gasteiger partial charge in [-0.1, -0.05) is 29.3 Å². The summed E-state index contributed by atoms with van der Waals surface area (Å²) in [5.74, 6) is -0.241. The number of carbonyl (C=O) groups excluding carboxylic acids is 1. The van der Waals surface area contributed by atoms with Crippen molar-refractivity contribution >= 4 is 50.7 Å². The van der Waals surface area contributed by atoms with Gasteiger partial charge in [-0.05, 0) is 58.7 Å². The molecule has 2 aromatic rings. The second kappa shape index (κ2) is 5.95. The van der Waals surface area contributed by atoms with Gasteiger partial charge >= 0.3 is 0 Å². The highest BCUT2D eigenvalue weighted by atomic mass is 79.9. The molecule has 0 atom stereocenters. The molecule has 0 aliphatic rings. The standard InChI is InChI=1S/C14H10BrCl2NO/c1-8-2-5-13(12(17)6-8)18-14(19)10-4-3-9(16)7-11(10)15/h2-7H,1H3,(H,18,19). The molecule has 19 heavy (non-hydrogen) atoms. The number of hydrogen-bond acceptors (Lipinski definition) is 1. The number of aryl methyl sites for hydroxylation is 1. The number of halogens is 3. The molecule has 0 radical (unpaired) electrons. The van der Waals surface area contributed by atoms with Gasteiger partial charge in [-0.3, -0.25) is 4.79 Å². The van der Waals surface area contributed by atoms with Crippen LogP contribution in [0.5, 0.6) is 0 Å². The third kappa shape index (κ3) is 3.50. The van der Waals surface area contributed by atoms with Crippen LogP contribution in [0.25, 0.3) is 0 Å². The van der Waals surface area contributed by atoms with Crippen LogP contribution in [0.15, 0.2) is 40.9 Å². The van der Waals surface area contributed by atoms with E-state index in [4.69, 9.17) is 23.2 Å². The molecule has 1 amide bonds. The van der Waals surface area contributed by atoms with E-state index in [0.29, 0.717) is 25.8 Å². The zero-order valence-electron chi connectivity index (χ0n) is 10.0. The molecule has 0 aromatic heterocycles. The van der Waals surface area contributed by atoms with Gasteiger partial charge in [-0.25, -0.2) is 0 Å². The highest BCUT2D eigenvalue weighted by Crippen LogP contribution is 2.26. The molecule has 0 unspecified atom stereocenters. The van der Waals surface area contributed by atoms with Gasteiger partial charge in [0.25, 0.3) is 5.91 Å². The number of nitrogens with one attached hydrogen (secondary N) is 1. The summed E-state index contributed by atoms with van der Waals surface area (Å²) in [4.78, 5) is 12.1. The average molecular weight is 359 g/mol. The van der Waals surface area contributed by atoms with Crippen molar-refractivity contribution in [1.29, 1.82) is 0 Å². The van der Waals surface area contributed by atoms with Crippen LogP contribution in [-0.2, 0) is 0 Å². The van der Waals surface area contributed by atoms with Crippen molar-refractivity contribution in [3.05, 3.63) is 62.0 Å². The second-order valence-electron chi connectivity index (χ2n) is 4.06. The second-order valence-corrected chi connectivity index (χ2v) is 5.76. The Kier molecular flexibility index (Phi) is 4.50. The van der Waals surface area contributed by atoms with Crippen LogP contribution >= 0.6 is 39.1 Å². The third-order valence-corrected chi connectivity index (χ3v) is 3.75. The van der Waals surface area contributed by atoms with Crippen LogP contribution in [0.1, 0.15) is 15.9 Å². The largest absolute Gasteiger partial charge is 0.321 e. The van der Waals surface area contributed by atoms with Gasteiger partial charge in [0, 0.05) is 9.50 Å². The topological polar surface area (TPSA) is 29.1 Å². The molecule has 98 valence electrons. The zero-order chi connectivity index (χ0) is 14.0. The van der Waals surface area contributed by atoms with Crippen LogP contribution in [0, 0.1) is 6.92 Å². The smallest absolute Gasteiger partial charge is 0.256 e. The predicted octanol–water partition coefficient (Wildman–Crippen LogP) is 5.32. The van der Waals surface area contributed by atoms with E-state index in [1.54, 1.807) is 30.3 Å². The van der Waals surface area contributed by atoms with Crippen molar-refractivity contribution in [2.45, 2.75) is 6.92 Å². The number of carbonyl (C=O) groups is 1. The lowest BCUT2D eigenvalue weighted by atomic mass is 10.2. The maximum absolute atomic E-state index is 12.1. The monoisotopic (exact) mass is 357 g/mol. The maximum atomic E-state index is 12.1. The summed E-state index contributed by atoms with van der Waals surface area (Å²) >= 11 is 15.2. The lowest BCUT2D eigenvalue weighted by Crippen LogP contribution is -2.12. The van der Waals surface area contributed by atoms with Crippen molar-refractivity contribution in [2.24, 2.45) is 0 Å². The van der Waals surface area contributed by atoms with Crippen molar-refractivity contribution in [1.82, 2.24) is 0 Å². The molecule has 0 fully saturated rings. The fourth-order valence-electron chi connectivity index (χ4n) is 1.58. The molecular weight excluding hydrogens is 349 g/mol. The normalized spacial score (nSPS) is 10.3. The zero-order valence-corrected chi connectivity index (χ0v) is 13.1. The van der Waals surface area contributed by atoms with E-state index in [-0.39, 0.29) is 5.91 Å². The summed E-state index contributed by atoms with van der Waals surface area (Å²) in [6.45, 7) is 1.94. The van der Waals surface area contributed by atoms with E-state index in [9.17, 15) is 4.79 Å². The lowest BCUT2D eigenvalue weighted by molar-refractivity contribution is 0.102. The predicted molar refractivity (Wildman–Crippen MR) is 83.3 cm³/mol. The van der Waals surface area contributed by atoms with Gasteiger partial charge in [0.1, 0.15) is 0 Å². The Balaban J connectivity index is 2.25. The summed E-state index contributed by atoms with van der Waals surface area (Å²) < 4.78 is 0.640. The van der Waals surface area contributed by atoms with E-state index in [1.807, 2.05) is 13.0 Å². The first-order valence-electron chi connectivity index (χ1n) is 5.50. The molecule has 0 bridgehead atoms. The van der Waals surface area contributed by atoms with Crippen LogP contribution < -0.4 is 5.32 Å². The molecular formula is C14H10BrCl2NO. The van der Waals surface area contributed by atoms with E-state index in [0.717, 1.165) is 5.56 Å². The summed E-state index contributed by atoms with van der Waals surface area (Å²) in [7, 11) is 0. The summed E-state index contributed by atoms with van der Waals surface area (Å²) in [6.07, 6.45) is 0. The molecule has 1 N–H and O–H groups in total. The Morgan fingerprint density at radius 2 is 1.89 bits per heavy atom. The van der Waals surface area contributed by atoms with Crippen LogP contribution in [0.2, 0.25) is 10.0 Å². The van der Waals surface area contributed by atoms with Crippen molar-refractivity contribution < 1.29 is 4.79 Å². The number of benzene rings is 2. The van der Waals surface area contributed by atoms with Gasteiger partial charge in [-0.2, -0.15) is 0 Å². The van der Waals surface area contributed by atoms with Gasteiger partial charge < -0.3 is 5.32 Å². The summed E-state index contributed by atoms with van der Waals surface area (Å²) in [6, 6.07) is 10.5. The fraction of sp³-hybridized carbons (Fsp3) is 0.0714. The number of amides is 1. The van der Waals surface area contributed by atoms with Gasteiger partial charge in [0.2, 0.25) is 0 Å². The highest BCUT2D eigenvalue weighted by molar-refractivity contribution is 9.10. The van der Waals surface area contributed by atoms with Gasteiger partial charge in [-0.15, -0.1) is 0 Å². The quantitative estimate of drug-likeness (QED) is 0.773. The Morgan fingerprint density at radius 3 is 2.53 bits per heavy atom. The molecule has 0 saturated heterocycles. The molecule has 2 aromatic carbocycles. The minimum Gasteiger partial charge on any atom is -0.321 e.